The van der Waals surface area contributed by atoms with Crippen LogP contribution >= 0.6 is 0 Å². The Hall–Kier alpha value is -3.94. The number of rotatable bonds is 4. The number of amides is 1. The second-order valence-electron chi connectivity index (χ2n) is 8.34. The predicted molar refractivity (Wildman–Crippen MR) is 128 cm³/mol. The van der Waals surface area contributed by atoms with Gasteiger partial charge in [0.15, 0.2) is 0 Å². The summed E-state index contributed by atoms with van der Waals surface area (Å²) in [5, 5.41) is 5.61. The average molecular weight is 443 g/mol. The van der Waals surface area contributed by atoms with Gasteiger partial charge >= 0.3 is 0 Å². The topological polar surface area (TPSA) is 76.3 Å². The lowest BCUT2D eigenvalue weighted by Crippen LogP contribution is -2.50. The summed E-state index contributed by atoms with van der Waals surface area (Å²) < 4.78 is 3.33. The van der Waals surface area contributed by atoms with Crippen LogP contribution in [0.1, 0.15) is 11.3 Å². The van der Waals surface area contributed by atoms with Crippen molar-refractivity contribution in [1.82, 2.24) is 24.2 Å². The Balaban J connectivity index is 1.45. The molecular weight excluding hydrogens is 416 g/mol. The van der Waals surface area contributed by atoms with Crippen LogP contribution in [-0.2, 0) is 11.3 Å². The largest absolute Gasteiger partial charge is 0.353 e. The predicted octanol–water partition coefficient (Wildman–Crippen LogP) is 2.55. The first-order valence-corrected chi connectivity index (χ1v) is 11.1. The zero-order chi connectivity index (χ0) is 22.9. The van der Waals surface area contributed by atoms with Crippen LogP contribution in [0.2, 0.25) is 0 Å². The number of aryl methyl sites for hydroxylation is 2. The molecule has 3 aromatic heterocycles. The molecule has 4 aromatic rings. The molecule has 0 atom stereocenters. The van der Waals surface area contributed by atoms with Crippen molar-refractivity contribution >= 4 is 22.8 Å². The van der Waals surface area contributed by atoms with E-state index in [1.54, 1.807) is 21.5 Å². The van der Waals surface area contributed by atoms with Gasteiger partial charge in [-0.05, 0) is 43.7 Å². The molecule has 33 heavy (non-hydrogen) atoms. The molecule has 1 saturated heterocycles. The lowest BCUT2D eigenvalue weighted by Gasteiger charge is -2.35. The van der Waals surface area contributed by atoms with Gasteiger partial charge in [0.25, 0.3) is 5.56 Å². The number of fused-ring (bicyclic) bond motifs is 1. The Morgan fingerprint density at radius 2 is 1.70 bits per heavy atom. The van der Waals surface area contributed by atoms with E-state index in [0.29, 0.717) is 31.8 Å². The minimum Gasteiger partial charge on any atom is -0.353 e. The van der Waals surface area contributed by atoms with Gasteiger partial charge in [0.1, 0.15) is 18.0 Å². The highest BCUT2D eigenvalue weighted by molar-refractivity contribution is 5.85. The number of para-hydroxylation sites is 1. The summed E-state index contributed by atoms with van der Waals surface area (Å²) in [4.78, 5) is 34.7. The maximum atomic E-state index is 13.2. The first kappa shape index (κ1) is 20.9. The molecule has 0 radical (unpaired) electrons. The van der Waals surface area contributed by atoms with Crippen LogP contribution < -0.4 is 10.5 Å². The third-order valence-corrected chi connectivity index (χ3v) is 6.19. The molecule has 5 rings (SSSR count). The van der Waals surface area contributed by atoms with Gasteiger partial charge in [0.2, 0.25) is 5.91 Å². The van der Waals surface area contributed by atoms with Crippen molar-refractivity contribution in [1.29, 1.82) is 0 Å². The average Bonchev–Trinajstić information content (AvgIpc) is 3.20. The number of hydrogen-bond donors (Lipinski definition) is 0. The van der Waals surface area contributed by atoms with E-state index in [9.17, 15) is 9.59 Å². The van der Waals surface area contributed by atoms with Crippen LogP contribution in [-0.4, -0.2) is 56.3 Å². The highest BCUT2D eigenvalue weighted by Gasteiger charge is 2.24. The highest BCUT2D eigenvalue weighted by atomic mass is 16.2. The van der Waals surface area contributed by atoms with Crippen LogP contribution in [0.4, 0.5) is 5.82 Å². The number of hydrogen-bond acceptors (Lipinski definition) is 5. The molecule has 1 amide bonds. The molecule has 0 unspecified atom stereocenters. The lowest BCUT2D eigenvalue weighted by molar-refractivity contribution is -0.132. The van der Waals surface area contributed by atoms with E-state index in [0.717, 1.165) is 28.1 Å². The van der Waals surface area contributed by atoms with Crippen molar-refractivity contribution in [3.8, 4) is 5.69 Å². The Morgan fingerprint density at radius 3 is 2.39 bits per heavy atom. The maximum Gasteiger partial charge on any atom is 0.252 e. The van der Waals surface area contributed by atoms with E-state index < -0.39 is 0 Å². The minimum atomic E-state index is -0.197. The monoisotopic (exact) mass is 442 g/mol. The third kappa shape index (κ3) is 3.88. The van der Waals surface area contributed by atoms with E-state index in [1.165, 1.54) is 0 Å². The second-order valence-corrected chi connectivity index (χ2v) is 8.34. The van der Waals surface area contributed by atoms with Gasteiger partial charge in [-0.15, -0.1) is 0 Å². The van der Waals surface area contributed by atoms with Crippen LogP contribution in [0.25, 0.3) is 16.7 Å². The fraction of sp³-hybridized carbons (Fsp3) is 0.280. The summed E-state index contributed by atoms with van der Waals surface area (Å²) in [7, 11) is 0. The summed E-state index contributed by atoms with van der Waals surface area (Å²) in [6.07, 6.45) is 1.78. The van der Waals surface area contributed by atoms with Crippen LogP contribution in [0.5, 0.6) is 0 Å². The Labute approximate surface area is 191 Å². The number of carbonyl (C=O) groups excluding carboxylic acids is 1. The van der Waals surface area contributed by atoms with Crippen molar-refractivity contribution in [2.75, 3.05) is 31.1 Å². The summed E-state index contributed by atoms with van der Waals surface area (Å²) in [5.74, 6) is 0.852. The minimum absolute atomic E-state index is 0.0167. The van der Waals surface area contributed by atoms with Crippen molar-refractivity contribution in [2.24, 2.45) is 0 Å². The fourth-order valence-electron chi connectivity index (χ4n) is 4.53. The maximum absolute atomic E-state index is 13.2. The zero-order valence-electron chi connectivity index (χ0n) is 18.8. The van der Waals surface area contributed by atoms with E-state index in [2.05, 4.69) is 9.88 Å². The molecule has 0 aliphatic carbocycles. The van der Waals surface area contributed by atoms with Gasteiger partial charge in [-0.1, -0.05) is 24.3 Å². The molecule has 0 spiro atoms. The van der Waals surface area contributed by atoms with Gasteiger partial charge in [-0.3, -0.25) is 14.2 Å². The normalized spacial score (nSPS) is 14.1. The zero-order valence-corrected chi connectivity index (χ0v) is 18.8. The molecule has 1 aromatic carbocycles. The Morgan fingerprint density at radius 1 is 0.970 bits per heavy atom. The molecule has 1 aliphatic heterocycles. The van der Waals surface area contributed by atoms with Crippen LogP contribution in [0.15, 0.2) is 65.6 Å². The number of anilines is 1. The van der Waals surface area contributed by atoms with Crippen LogP contribution in [0.3, 0.4) is 0 Å². The van der Waals surface area contributed by atoms with Crippen molar-refractivity contribution < 1.29 is 4.79 Å². The number of benzene rings is 1. The van der Waals surface area contributed by atoms with Crippen molar-refractivity contribution in [3.63, 3.8) is 0 Å². The van der Waals surface area contributed by atoms with Crippen molar-refractivity contribution in [3.05, 3.63) is 82.4 Å². The molecule has 168 valence electrons. The summed E-state index contributed by atoms with van der Waals surface area (Å²) >= 11 is 0. The molecule has 0 bridgehead atoms. The number of pyridine rings is 2. The van der Waals surface area contributed by atoms with Gasteiger partial charge < -0.3 is 9.80 Å². The summed E-state index contributed by atoms with van der Waals surface area (Å²) in [6.45, 7) is 6.44. The number of nitrogens with zero attached hydrogens (tertiary/aromatic N) is 6. The molecule has 1 fully saturated rings. The molecular formula is C25H26N6O2. The molecule has 1 aliphatic rings. The van der Waals surface area contributed by atoms with E-state index in [4.69, 9.17) is 5.10 Å². The smallest absolute Gasteiger partial charge is 0.252 e. The lowest BCUT2D eigenvalue weighted by atomic mass is 10.1. The Kier molecular flexibility index (Phi) is 5.42. The molecule has 4 heterocycles. The second kappa shape index (κ2) is 8.54. The van der Waals surface area contributed by atoms with E-state index in [1.807, 2.05) is 67.3 Å². The highest BCUT2D eigenvalue weighted by Crippen LogP contribution is 2.24. The first-order chi connectivity index (χ1) is 16.0. The van der Waals surface area contributed by atoms with E-state index in [-0.39, 0.29) is 18.0 Å². The standard InChI is InChI=1S/C25H26N6O2/c1-18-16-22(32)30(25-24(18)19(2)27-31(25)20-8-4-3-5-9-20)17-23(33)29-14-12-28(13-15-29)21-10-6-7-11-26-21/h3-11,16H,12-15,17H2,1-2H3. The summed E-state index contributed by atoms with van der Waals surface area (Å²) in [5.41, 5.74) is 3.01. The van der Waals surface area contributed by atoms with Gasteiger partial charge in [-0.2, -0.15) is 5.10 Å². The third-order valence-electron chi connectivity index (χ3n) is 6.19. The number of carbonyl (C=O) groups is 1. The summed E-state index contributed by atoms with van der Waals surface area (Å²) in [6, 6.07) is 17.1. The van der Waals surface area contributed by atoms with Crippen molar-refractivity contribution in [2.45, 2.75) is 20.4 Å². The molecule has 8 nitrogen and oxygen atoms in total. The van der Waals surface area contributed by atoms with Gasteiger partial charge in [-0.25, -0.2) is 9.67 Å². The molecule has 0 saturated carbocycles. The number of piperazine rings is 1. The SMILES string of the molecule is Cc1cc(=O)n(CC(=O)N2CCN(c3ccccn3)CC2)c2c1c(C)nn2-c1ccccc1. The molecule has 0 N–H and O–H groups in total. The van der Waals surface area contributed by atoms with Gasteiger partial charge in [0.05, 0.1) is 11.4 Å². The molecule has 8 heteroatoms. The Bertz CT molecular complexity index is 1350. The first-order valence-electron chi connectivity index (χ1n) is 11.1. The number of aromatic nitrogens is 4. The fourth-order valence-corrected chi connectivity index (χ4v) is 4.53. The van der Waals surface area contributed by atoms with E-state index >= 15 is 0 Å². The van der Waals surface area contributed by atoms with Crippen LogP contribution in [0, 0.1) is 13.8 Å². The quantitative estimate of drug-likeness (QED) is 0.486. The van der Waals surface area contributed by atoms with Gasteiger partial charge in [0, 0.05) is 43.8 Å².